The average Bonchev–Trinajstić information content (AvgIpc) is 2.83. The molecule has 1 N–H and O–H groups in total. The van der Waals surface area contributed by atoms with Gasteiger partial charge in [0.2, 0.25) is 5.91 Å². The molecule has 0 unspecified atom stereocenters. The molecule has 2 amide bonds. The summed E-state index contributed by atoms with van der Waals surface area (Å²) in [5.74, 6) is 0.160. The van der Waals surface area contributed by atoms with Gasteiger partial charge in [-0.1, -0.05) is 18.2 Å². The lowest BCUT2D eigenvalue weighted by molar-refractivity contribution is -0.118. The third-order valence-corrected chi connectivity index (χ3v) is 5.69. The normalized spacial score (nSPS) is 12.8. The van der Waals surface area contributed by atoms with Crippen LogP contribution in [0.2, 0.25) is 0 Å². The fraction of sp³-hybridized carbons (Fsp3) is 0.231. The van der Waals surface area contributed by atoms with Gasteiger partial charge in [-0.05, 0) is 78.9 Å². The van der Waals surface area contributed by atoms with Crippen molar-refractivity contribution >= 4 is 23.2 Å². The van der Waals surface area contributed by atoms with Crippen LogP contribution in [0.1, 0.15) is 34.3 Å². The molecule has 0 atom stereocenters. The largest absolute Gasteiger partial charge is 0.497 e. The van der Waals surface area contributed by atoms with Gasteiger partial charge in [-0.15, -0.1) is 0 Å². The number of halogens is 1. The minimum absolute atomic E-state index is 0.0591. The van der Waals surface area contributed by atoms with E-state index in [0.717, 1.165) is 35.4 Å². The molecular formula is C26H25FN2O3. The Labute approximate surface area is 186 Å². The second kappa shape index (κ2) is 9.64. The Morgan fingerprint density at radius 3 is 2.50 bits per heavy atom. The summed E-state index contributed by atoms with van der Waals surface area (Å²) in [6.07, 6.45) is 2.65. The zero-order valence-corrected chi connectivity index (χ0v) is 17.9. The van der Waals surface area contributed by atoms with E-state index in [4.69, 9.17) is 4.74 Å². The van der Waals surface area contributed by atoms with Crippen LogP contribution in [0.5, 0.6) is 5.75 Å². The Hall–Kier alpha value is -3.67. The van der Waals surface area contributed by atoms with E-state index in [-0.39, 0.29) is 17.6 Å². The lowest BCUT2D eigenvalue weighted by atomic mass is 9.98. The summed E-state index contributed by atoms with van der Waals surface area (Å²) in [4.78, 5) is 27.4. The van der Waals surface area contributed by atoms with Crippen molar-refractivity contribution in [3.05, 3.63) is 89.2 Å². The van der Waals surface area contributed by atoms with E-state index >= 15 is 0 Å². The molecule has 0 saturated carbocycles. The Morgan fingerprint density at radius 1 is 1.03 bits per heavy atom. The number of fused-ring (bicyclic) bond motifs is 1. The molecule has 32 heavy (non-hydrogen) atoms. The summed E-state index contributed by atoms with van der Waals surface area (Å²) < 4.78 is 18.3. The van der Waals surface area contributed by atoms with Gasteiger partial charge in [0.1, 0.15) is 11.6 Å². The molecule has 1 aliphatic rings. The molecular weight excluding hydrogens is 407 g/mol. The fourth-order valence-electron chi connectivity index (χ4n) is 3.97. The summed E-state index contributed by atoms with van der Waals surface area (Å²) in [5, 5.41) is 2.92. The molecule has 0 saturated heterocycles. The van der Waals surface area contributed by atoms with Crippen molar-refractivity contribution in [2.24, 2.45) is 0 Å². The van der Waals surface area contributed by atoms with E-state index in [9.17, 15) is 14.0 Å². The SMILES string of the molecule is COc1ccc(CCC(=O)N2CCCc3c(NC(=O)c4ccc(F)cc4)cccc32)cc1. The van der Waals surface area contributed by atoms with Gasteiger partial charge in [-0.2, -0.15) is 0 Å². The molecule has 4 rings (SSSR count). The predicted molar refractivity (Wildman–Crippen MR) is 123 cm³/mol. The maximum atomic E-state index is 13.2. The Balaban J connectivity index is 1.47. The van der Waals surface area contributed by atoms with Crippen LogP contribution in [0.15, 0.2) is 66.7 Å². The second-order valence-electron chi connectivity index (χ2n) is 7.76. The van der Waals surface area contributed by atoms with Gasteiger partial charge in [0.05, 0.1) is 7.11 Å². The quantitative estimate of drug-likeness (QED) is 0.596. The Morgan fingerprint density at radius 2 is 1.78 bits per heavy atom. The maximum absolute atomic E-state index is 13.2. The zero-order valence-electron chi connectivity index (χ0n) is 17.9. The third-order valence-electron chi connectivity index (χ3n) is 5.69. The summed E-state index contributed by atoms with van der Waals surface area (Å²) in [6, 6.07) is 18.8. The van der Waals surface area contributed by atoms with Crippen LogP contribution in [0, 0.1) is 5.82 Å². The van der Waals surface area contributed by atoms with Gasteiger partial charge in [0.15, 0.2) is 0 Å². The minimum Gasteiger partial charge on any atom is -0.497 e. The van der Waals surface area contributed by atoms with E-state index in [2.05, 4.69) is 5.32 Å². The van der Waals surface area contributed by atoms with E-state index in [0.29, 0.717) is 30.6 Å². The number of anilines is 2. The Kier molecular flexibility index (Phi) is 6.50. The molecule has 3 aromatic rings. The zero-order chi connectivity index (χ0) is 22.5. The lowest BCUT2D eigenvalue weighted by Crippen LogP contribution is -2.36. The molecule has 164 valence electrons. The third kappa shape index (κ3) is 4.80. The minimum atomic E-state index is -0.387. The molecule has 0 spiro atoms. The highest BCUT2D eigenvalue weighted by Gasteiger charge is 2.24. The number of nitrogens with zero attached hydrogens (tertiary/aromatic N) is 1. The molecule has 1 aliphatic heterocycles. The number of carbonyl (C=O) groups is 2. The Bertz CT molecular complexity index is 1110. The number of benzene rings is 3. The first-order valence-corrected chi connectivity index (χ1v) is 10.7. The van der Waals surface area contributed by atoms with Crippen LogP contribution in [0.3, 0.4) is 0 Å². The number of hydrogen-bond acceptors (Lipinski definition) is 3. The number of amides is 2. The number of nitrogens with one attached hydrogen (secondary N) is 1. The van der Waals surface area contributed by atoms with Crippen LogP contribution in [0.4, 0.5) is 15.8 Å². The van der Waals surface area contributed by atoms with Gasteiger partial charge in [0, 0.05) is 29.9 Å². The first-order chi connectivity index (χ1) is 15.5. The van der Waals surface area contributed by atoms with Gasteiger partial charge < -0.3 is 15.0 Å². The predicted octanol–water partition coefficient (Wildman–Crippen LogP) is 5.00. The summed E-state index contributed by atoms with van der Waals surface area (Å²) in [7, 11) is 1.63. The van der Waals surface area contributed by atoms with Crippen LogP contribution in [-0.2, 0) is 17.6 Å². The molecule has 0 aliphatic carbocycles. The standard InChI is InChI=1S/C26H25FN2O3/c1-32-21-14-7-18(8-15-21)9-16-25(30)29-17-3-4-22-23(5-2-6-24(22)29)28-26(31)19-10-12-20(27)13-11-19/h2,5-8,10-15H,3-4,9,16-17H2,1H3,(H,28,31). The van der Waals surface area contributed by atoms with Crippen LogP contribution < -0.4 is 15.0 Å². The molecule has 3 aromatic carbocycles. The van der Waals surface area contributed by atoms with Gasteiger partial charge >= 0.3 is 0 Å². The smallest absolute Gasteiger partial charge is 0.255 e. The molecule has 0 radical (unpaired) electrons. The maximum Gasteiger partial charge on any atom is 0.255 e. The second-order valence-corrected chi connectivity index (χ2v) is 7.76. The van der Waals surface area contributed by atoms with Crippen molar-refractivity contribution in [1.82, 2.24) is 0 Å². The van der Waals surface area contributed by atoms with Crippen molar-refractivity contribution in [2.45, 2.75) is 25.7 Å². The fourth-order valence-corrected chi connectivity index (χ4v) is 3.97. The lowest BCUT2D eigenvalue weighted by Gasteiger charge is -2.31. The monoisotopic (exact) mass is 432 g/mol. The van der Waals surface area contributed by atoms with Crippen molar-refractivity contribution in [3.8, 4) is 5.75 Å². The van der Waals surface area contributed by atoms with E-state index < -0.39 is 0 Å². The number of ether oxygens (including phenoxy) is 1. The van der Waals surface area contributed by atoms with E-state index in [1.807, 2.05) is 47.4 Å². The highest BCUT2D eigenvalue weighted by Crippen LogP contribution is 2.33. The van der Waals surface area contributed by atoms with Gasteiger partial charge in [-0.25, -0.2) is 4.39 Å². The molecule has 1 heterocycles. The van der Waals surface area contributed by atoms with Crippen LogP contribution in [0.25, 0.3) is 0 Å². The number of hydrogen-bond donors (Lipinski definition) is 1. The molecule has 6 heteroatoms. The number of methoxy groups -OCH3 is 1. The molecule has 0 bridgehead atoms. The number of aryl methyl sites for hydroxylation is 1. The van der Waals surface area contributed by atoms with E-state index in [1.165, 1.54) is 24.3 Å². The average molecular weight is 432 g/mol. The van der Waals surface area contributed by atoms with Crippen molar-refractivity contribution in [1.29, 1.82) is 0 Å². The van der Waals surface area contributed by atoms with E-state index in [1.54, 1.807) is 7.11 Å². The first kappa shape index (κ1) is 21.6. The van der Waals surface area contributed by atoms with Crippen LogP contribution in [-0.4, -0.2) is 25.5 Å². The molecule has 0 fully saturated rings. The summed E-state index contributed by atoms with van der Waals surface area (Å²) in [6.45, 7) is 0.657. The molecule has 0 aromatic heterocycles. The van der Waals surface area contributed by atoms with Crippen molar-refractivity contribution < 1.29 is 18.7 Å². The first-order valence-electron chi connectivity index (χ1n) is 10.7. The highest BCUT2D eigenvalue weighted by molar-refractivity contribution is 6.05. The van der Waals surface area contributed by atoms with Gasteiger partial charge in [-0.3, -0.25) is 9.59 Å². The number of carbonyl (C=O) groups excluding carboxylic acids is 2. The molecule has 5 nitrogen and oxygen atoms in total. The highest BCUT2D eigenvalue weighted by atomic mass is 19.1. The van der Waals surface area contributed by atoms with Crippen molar-refractivity contribution in [2.75, 3.05) is 23.9 Å². The topological polar surface area (TPSA) is 58.6 Å². The van der Waals surface area contributed by atoms with Gasteiger partial charge in [0.25, 0.3) is 5.91 Å². The summed E-state index contributed by atoms with van der Waals surface area (Å²) >= 11 is 0. The number of rotatable bonds is 6. The summed E-state index contributed by atoms with van der Waals surface area (Å²) in [5.41, 5.74) is 3.94. The van der Waals surface area contributed by atoms with Crippen molar-refractivity contribution in [3.63, 3.8) is 0 Å². The van der Waals surface area contributed by atoms with Crippen LogP contribution >= 0.6 is 0 Å².